The highest BCUT2D eigenvalue weighted by molar-refractivity contribution is 9.10. The zero-order valence-corrected chi connectivity index (χ0v) is 14.3. The first-order chi connectivity index (χ1) is 9.77. The van der Waals surface area contributed by atoms with Crippen molar-refractivity contribution in [2.24, 2.45) is 0 Å². The largest absolute Gasteiger partial charge is 0.396 e. The number of nitrogens with one attached hydrogen (secondary N) is 1. The minimum atomic E-state index is -3.75. The number of likely N-dealkylation sites (N-methyl/N-ethyl adjacent to an activating group) is 1. The molecule has 1 aromatic carbocycles. The fourth-order valence-electron chi connectivity index (χ4n) is 1.56. The van der Waals surface area contributed by atoms with Crippen LogP contribution < -0.4 is 10.5 Å². The topological polar surface area (TPSA) is 84.7 Å². The maximum absolute atomic E-state index is 13.2. The van der Waals surface area contributed by atoms with Crippen molar-refractivity contribution in [3.63, 3.8) is 0 Å². The van der Waals surface area contributed by atoms with Crippen molar-refractivity contribution in [3.8, 4) is 0 Å². The number of benzene rings is 1. The zero-order chi connectivity index (χ0) is 16.0. The highest BCUT2D eigenvalue weighted by Gasteiger charge is 2.19. The Hall–Kier alpha value is -0.740. The molecule has 0 aliphatic heterocycles. The second-order valence-corrected chi connectivity index (χ2v) is 7.09. The van der Waals surface area contributed by atoms with Crippen LogP contribution in [-0.2, 0) is 14.8 Å². The van der Waals surface area contributed by atoms with Crippen LogP contribution in [0.4, 0.5) is 10.1 Å². The Morgan fingerprint density at radius 3 is 2.71 bits per heavy atom. The molecule has 0 atom stereocenters. The molecule has 0 aliphatic rings. The van der Waals surface area contributed by atoms with Gasteiger partial charge in [0, 0.05) is 31.2 Å². The number of hydrogen-bond donors (Lipinski definition) is 2. The molecule has 0 amide bonds. The molecule has 0 heterocycles. The maximum atomic E-state index is 13.2. The number of methoxy groups -OCH3 is 1. The van der Waals surface area contributed by atoms with Crippen LogP contribution in [0.1, 0.15) is 0 Å². The predicted molar refractivity (Wildman–Crippen MR) is 83.1 cm³/mol. The van der Waals surface area contributed by atoms with E-state index in [1.807, 2.05) is 11.9 Å². The van der Waals surface area contributed by atoms with Crippen LogP contribution in [0, 0.1) is 5.82 Å². The first kappa shape index (κ1) is 18.3. The minimum Gasteiger partial charge on any atom is -0.396 e. The highest BCUT2D eigenvalue weighted by atomic mass is 79.9. The van der Waals surface area contributed by atoms with Crippen LogP contribution in [0.2, 0.25) is 0 Å². The third-order valence-electron chi connectivity index (χ3n) is 2.80. The Labute approximate surface area is 132 Å². The highest BCUT2D eigenvalue weighted by Crippen LogP contribution is 2.26. The van der Waals surface area contributed by atoms with Gasteiger partial charge in [0.1, 0.15) is 5.82 Å². The summed E-state index contributed by atoms with van der Waals surface area (Å²) in [6, 6.07) is 2.13. The Morgan fingerprint density at radius 2 is 2.10 bits per heavy atom. The van der Waals surface area contributed by atoms with E-state index in [1.54, 1.807) is 7.11 Å². The molecule has 1 aromatic rings. The molecule has 0 unspecified atom stereocenters. The first-order valence-electron chi connectivity index (χ1n) is 6.19. The number of nitrogens with two attached hydrogens (primary N) is 1. The third kappa shape index (κ3) is 5.51. The van der Waals surface area contributed by atoms with Crippen LogP contribution in [-0.4, -0.2) is 53.7 Å². The molecule has 1 rings (SSSR count). The fourth-order valence-corrected chi connectivity index (χ4v) is 3.63. The molecule has 0 aromatic heterocycles. The van der Waals surface area contributed by atoms with Gasteiger partial charge in [0.25, 0.3) is 0 Å². The predicted octanol–water partition coefficient (Wildman–Crippen LogP) is 1.03. The van der Waals surface area contributed by atoms with E-state index in [2.05, 4.69) is 20.7 Å². The van der Waals surface area contributed by atoms with Crippen molar-refractivity contribution in [2.75, 3.05) is 46.1 Å². The summed E-state index contributed by atoms with van der Waals surface area (Å²) in [6.07, 6.45) is 0. The monoisotopic (exact) mass is 383 g/mol. The van der Waals surface area contributed by atoms with E-state index in [0.717, 1.165) is 12.1 Å². The van der Waals surface area contributed by atoms with Crippen LogP contribution in [0.3, 0.4) is 0 Å². The number of halogens is 2. The number of anilines is 1. The minimum absolute atomic E-state index is 0.0825. The van der Waals surface area contributed by atoms with Gasteiger partial charge < -0.3 is 15.4 Å². The van der Waals surface area contributed by atoms with Crippen LogP contribution >= 0.6 is 15.9 Å². The van der Waals surface area contributed by atoms with Crippen molar-refractivity contribution in [2.45, 2.75) is 4.90 Å². The smallest absolute Gasteiger partial charge is 0.241 e. The van der Waals surface area contributed by atoms with Crippen LogP contribution in [0.25, 0.3) is 0 Å². The summed E-state index contributed by atoms with van der Waals surface area (Å²) in [5.41, 5.74) is 5.20. The van der Waals surface area contributed by atoms with E-state index in [9.17, 15) is 12.8 Å². The lowest BCUT2D eigenvalue weighted by molar-refractivity contribution is 0.162. The van der Waals surface area contributed by atoms with E-state index in [1.165, 1.54) is 0 Å². The molecule has 0 bridgehead atoms. The Kier molecular flexibility index (Phi) is 7.01. The van der Waals surface area contributed by atoms with Gasteiger partial charge in [0.2, 0.25) is 10.0 Å². The van der Waals surface area contributed by atoms with E-state index in [4.69, 9.17) is 10.5 Å². The average molecular weight is 384 g/mol. The van der Waals surface area contributed by atoms with E-state index >= 15 is 0 Å². The molecule has 3 N–H and O–H groups in total. The summed E-state index contributed by atoms with van der Waals surface area (Å²) in [6.45, 7) is 2.03. The van der Waals surface area contributed by atoms with Gasteiger partial charge in [0.15, 0.2) is 0 Å². The second kappa shape index (κ2) is 8.04. The molecule has 9 heteroatoms. The summed E-state index contributed by atoms with van der Waals surface area (Å²) >= 11 is 3.03. The number of hydrogen-bond acceptors (Lipinski definition) is 5. The summed E-state index contributed by atoms with van der Waals surface area (Å²) < 4.78 is 45.1. The molecule has 0 fully saturated rings. The van der Waals surface area contributed by atoms with E-state index in [-0.39, 0.29) is 21.6 Å². The Bertz CT molecular complexity index is 583. The van der Waals surface area contributed by atoms with Crippen molar-refractivity contribution in [1.82, 2.24) is 9.62 Å². The van der Waals surface area contributed by atoms with Crippen molar-refractivity contribution in [1.29, 1.82) is 0 Å². The van der Waals surface area contributed by atoms with Crippen LogP contribution in [0.5, 0.6) is 0 Å². The Balaban J connectivity index is 2.68. The molecule has 120 valence electrons. The van der Waals surface area contributed by atoms with Crippen molar-refractivity contribution >= 4 is 31.6 Å². The van der Waals surface area contributed by atoms with Gasteiger partial charge in [-0.25, -0.2) is 17.5 Å². The molecule has 0 saturated heterocycles. The number of sulfonamides is 1. The van der Waals surface area contributed by atoms with Gasteiger partial charge in [-0.3, -0.25) is 0 Å². The average Bonchev–Trinajstić information content (AvgIpc) is 2.40. The maximum Gasteiger partial charge on any atom is 0.241 e. The number of rotatable bonds is 8. The summed E-state index contributed by atoms with van der Waals surface area (Å²) in [4.78, 5) is 1.85. The number of ether oxygens (including phenoxy) is 1. The number of nitrogen functional groups attached to an aromatic ring is 1. The second-order valence-electron chi connectivity index (χ2n) is 4.50. The molecule has 6 nitrogen and oxygen atoms in total. The quantitative estimate of drug-likeness (QED) is 0.654. The van der Waals surface area contributed by atoms with Gasteiger partial charge in [0.05, 0.1) is 17.2 Å². The lowest BCUT2D eigenvalue weighted by atomic mass is 10.3. The fraction of sp³-hybridized carbons (Fsp3) is 0.500. The van der Waals surface area contributed by atoms with E-state index < -0.39 is 15.8 Å². The van der Waals surface area contributed by atoms with Crippen molar-refractivity contribution in [3.05, 3.63) is 22.4 Å². The third-order valence-corrected chi connectivity index (χ3v) is 5.22. The molecule has 0 spiro atoms. The zero-order valence-electron chi connectivity index (χ0n) is 11.9. The number of nitrogens with zero attached hydrogens (tertiary/aromatic N) is 1. The molecular formula is C12H19BrFN3O3S. The van der Waals surface area contributed by atoms with Crippen LogP contribution in [0.15, 0.2) is 21.5 Å². The standard InChI is InChI=1S/C12H19BrFN3O3S/c1-17(5-6-20-2)4-3-16-21(18,19)12-8-11(15)10(14)7-9(12)13/h7-8,16H,3-6,15H2,1-2H3. The van der Waals surface area contributed by atoms with Gasteiger partial charge in [-0.15, -0.1) is 0 Å². The normalized spacial score (nSPS) is 12.0. The SMILES string of the molecule is COCCN(C)CCNS(=O)(=O)c1cc(N)c(F)cc1Br. The summed E-state index contributed by atoms with van der Waals surface area (Å²) in [5, 5.41) is 0. The molecular weight excluding hydrogens is 365 g/mol. The molecule has 0 aliphatic carbocycles. The van der Waals surface area contributed by atoms with Gasteiger partial charge in [-0.1, -0.05) is 0 Å². The molecule has 0 radical (unpaired) electrons. The lowest BCUT2D eigenvalue weighted by Crippen LogP contribution is -2.34. The summed E-state index contributed by atoms with van der Waals surface area (Å²) in [5.74, 6) is -0.667. The molecule has 0 saturated carbocycles. The molecule has 21 heavy (non-hydrogen) atoms. The van der Waals surface area contributed by atoms with Gasteiger partial charge in [-0.05, 0) is 35.1 Å². The first-order valence-corrected chi connectivity index (χ1v) is 8.47. The Morgan fingerprint density at radius 1 is 1.43 bits per heavy atom. The van der Waals surface area contributed by atoms with Gasteiger partial charge in [-0.2, -0.15) is 0 Å². The van der Waals surface area contributed by atoms with Crippen molar-refractivity contribution < 1.29 is 17.5 Å². The van der Waals surface area contributed by atoms with Gasteiger partial charge >= 0.3 is 0 Å². The van der Waals surface area contributed by atoms with E-state index in [0.29, 0.717) is 19.7 Å². The lowest BCUT2D eigenvalue weighted by Gasteiger charge is -2.16. The summed E-state index contributed by atoms with van der Waals surface area (Å²) in [7, 11) is -0.283.